The second-order valence-electron chi connectivity index (χ2n) is 6.58. The van der Waals surface area contributed by atoms with E-state index in [0.29, 0.717) is 21.6 Å². The maximum Gasteiger partial charge on any atom is 0.416 e. The van der Waals surface area contributed by atoms with Gasteiger partial charge in [0.25, 0.3) is 0 Å². The molecule has 1 amide bonds. The summed E-state index contributed by atoms with van der Waals surface area (Å²) in [6.45, 7) is 0. The Balaban J connectivity index is 1.71. The summed E-state index contributed by atoms with van der Waals surface area (Å²) in [6.07, 6.45) is -0.948. The molecule has 0 aliphatic carbocycles. The number of nitrogens with zero attached hydrogens (tertiary/aromatic N) is 3. The van der Waals surface area contributed by atoms with E-state index < -0.39 is 17.6 Å². The second-order valence-corrected chi connectivity index (χ2v) is 8.66. The van der Waals surface area contributed by atoms with Crippen LogP contribution < -0.4 is 10.1 Å². The number of imidazole rings is 1. The third kappa shape index (κ3) is 6.69. The van der Waals surface area contributed by atoms with Crippen LogP contribution in [0.15, 0.2) is 64.9 Å². The fraction of sp³-hybridized carbons (Fsp3) is 0.227. The summed E-state index contributed by atoms with van der Waals surface area (Å²) in [4.78, 5) is 17.3. The van der Waals surface area contributed by atoms with Crippen LogP contribution in [0, 0.1) is 11.3 Å². The molecule has 11 heteroatoms. The number of aromatic nitrogens is 2. The highest BCUT2D eigenvalue weighted by atomic mass is 32.2. The summed E-state index contributed by atoms with van der Waals surface area (Å²) in [5.41, 5.74) is 0.0345. The van der Waals surface area contributed by atoms with E-state index in [1.165, 1.54) is 17.8 Å². The van der Waals surface area contributed by atoms with Crippen molar-refractivity contribution in [2.45, 2.75) is 22.6 Å². The normalized spacial score (nSPS) is 11.1. The van der Waals surface area contributed by atoms with Crippen molar-refractivity contribution in [1.82, 2.24) is 9.55 Å². The number of thioether (sulfide) groups is 2. The molecule has 0 radical (unpaired) electrons. The molecule has 0 aliphatic rings. The number of alkyl halides is 3. The molecular formula is C22H19F3N4O2S2. The Labute approximate surface area is 197 Å². The van der Waals surface area contributed by atoms with Crippen molar-refractivity contribution < 1.29 is 22.7 Å². The maximum atomic E-state index is 13.1. The number of benzene rings is 2. The van der Waals surface area contributed by atoms with Gasteiger partial charge in [0.2, 0.25) is 5.91 Å². The van der Waals surface area contributed by atoms with E-state index in [-0.39, 0.29) is 17.9 Å². The Morgan fingerprint density at radius 1 is 1.21 bits per heavy atom. The van der Waals surface area contributed by atoms with E-state index in [1.807, 2.05) is 18.2 Å². The molecule has 0 aliphatic heterocycles. The average molecular weight is 493 g/mol. The van der Waals surface area contributed by atoms with Crippen LogP contribution in [0.4, 0.5) is 18.9 Å². The SMILES string of the molecule is COc1ccc(-n2ccnc2SCC(=O)Nc2cc(C(F)(F)F)ccc2SCCC#N)cc1. The number of methoxy groups -OCH3 is 1. The van der Waals surface area contributed by atoms with Gasteiger partial charge in [-0.1, -0.05) is 11.8 Å². The predicted molar refractivity (Wildman–Crippen MR) is 122 cm³/mol. The zero-order valence-electron chi connectivity index (χ0n) is 17.4. The number of rotatable bonds is 9. The second kappa shape index (κ2) is 11.2. The Hall–Kier alpha value is -3.10. The number of ether oxygens (including phenoxy) is 1. The number of nitrogens with one attached hydrogen (secondary N) is 1. The van der Waals surface area contributed by atoms with Crippen LogP contribution in [0.2, 0.25) is 0 Å². The van der Waals surface area contributed by atoms with Gasteiger partial charge in [-0.3, -0.25) is 9.36 Å². The molecule has 3 aromatic rings. The molecule has 0 unspecified atom stereocenters. The van der Waals surface area contributed by atoms with Crippen LogP contribution in [0.3, 0.4) is 0 Å². The summed E-state index contributed by atoms with van der Waals surface area (Å²) in [5, 5.41) is 11.8. The third-order valence-electron chi connectivity index (χ3n) is 4.34. The van der Waals surface area contributed by atoms with Gasteiger partial charge >= 0.3 is 6.18 Å². The number of anilines is 1. The van der Waals surface area contributed by atoms with Crippen LogP contribution in [0.5, 0.6) is 5.75 Å². The van der Waals surface area contributed by atoms with Gasteiger partial charge in [0, 0.05) is 35.2 Å². The standard InChI is InChI=1S/C22H19F3N4O2S2/c1-31-17-6-4-16(5-7-17)29-11-10-27-21(29)33-14-20(30)28-18-13-15(22(23,24)25)3-8-19(18)32-12-2-9-26/h3-8,10-11,13H,2,12,14H2,1H3,(H,28,30). The molecule has 0 fully saturated rings. The fourth-order valence-corrected chi connectivity index (χ4v) is 4.40. The summed E-state index contributed by atoms with van der Waals surface area (Å²) in [6, 6.07) is 12.5. The molecule has 3 rings (SSSR count). The minimum Gasteiger partial charge on any atom is -0.497 e. The molecule has 2 aromatic carbocycles. The molecule has 6 nitrogen and oxygen atoms in total. The van der Waals surface area contributed by atoms with Crippen molar-refractivity contribution in [2.75, 3.05) is 23.9 Å². The molecule has 33 heavy (non-hydrogen) atoms. The highest BCUT2D eigenvalue weighted by Crippen LogP contribution is 2.36. The lowest BCUT2D eigenvalue weighted by Crippen LogP contribution is -2.16. The number of nitriles is 1. The highest BCUT2D eigenvalue weighted by Gasteiger charge is 2.31. The summed E-state index contributed by atoms with van der Waals surface area (Å²) < 4.78 is 46.4. The molecule has 0 atom stereocenters. The van der Waals surface area contributed by atoms with E-state index in [9.17, 15) is 18.0 Å². The lowest BCUT2D eigenvalue weighted by Gasteiger charge is -2.14. The van der Waals surface area contributed by atoms with E-state index in [2.05, 4.69) is 10.3 Å². The fourth-order valence-electron chi connectivity index (χ4n) is 2.79. The smallest absolute Gasteiger partial charge is 0.416 e. The maximum absolute atomic E-state index is 13.1. The van der Waals surface area contributed by atoms with Gasteiger partial charge < -0.3 is 10.1 Å². The first-order valence-electron chi connectivity index (χ1n) is 9.63. The quantitative estimate of drug-likeness (QED) is 0.308. The number of hydrogen-bond acceptors (Lipinski definition) is 6. The van der Waals surface area contributed by atoms with Crippen molar-refractivity contribution in [3.63, 3.8) is 0 Å². The van der Waals surface area contributed by atoms with Gasteiger partial charge in [-0.05, 0) is 42.5 Å². The van der Waals surface area contributed by atoms with Crippen molar-refractivity contribution in [2.24, 2.45) is 0 Å². The molecule has 1 heterocycles. The zero-order chi connectivity index (χ0) is 23.8. The van der Waals surface area contributed by atoms with E-state index >= 15 is 0 Å². The van der Waals surface area contributed by atoms with Gasteiger partial charge in [-0.25, -0.2) is 4.98 Å². The Morgan fingerprint density at radius 2 is 1.97 bits per heavy atom. The van der Waals surface area contributed by atoms with Gasteiger partial charge in [0.05, 0.1) is 30.2 Å². The predicted octanol–water partition coefficient (Wildman–Crippen LogP) is 5.64. The van der Waals surface area contributed by atoms with Crippen molar-refractivity contribution in [3.8, 4) is 17.5 Å². The van der Waals surface area contributed by atoms with Crippen LogP contribution in [-0.4, -0.2) is 34.1 Å². The molecule has 172 valence electrons. The number of amides is 1. The largest absolute Gasteiger partial charge is 0.497 e. The topological polar surface area (TPSA) is 79.9 Å². The van der Waals surface area contributed by atoms with Crippen LogP contribution in [-0.2, 0) is 11.0 Å². The lowest BCUT2D eigenvalue weighted by atomic mass is 10.2. The van der Waals surface area contributed by atoms with Gasteiger partial charge in [0.15, 0.2) is 5.16 Å². The lowest BCUT2D eigenvalue weighted by molar-refractivity contribution is -0.137. The molecule has 0 saturated heterocycles. The van der Waals surface area contributed by atoms with Crippen molar-refractivity contribution in [1.29, 1.82) is 5.26 Å². The summed E-state index contributed by atoms with van der Waals surface area (Å²) in [5.74, 6) is 0.590. The molecule has 0 bridgehead atoms. The number of carbonyl (C=O) groups excluding carboxylic acids is 1. The molecule has 1 N–H and O–H groups in total. The number of carbonyl (C=O) groups is 1. The van der Waals surface area contributed by atoms with Gasteiger partial charge in [0.1, 0.15) is 5.75 Å². The molecule has 1 aromatic heterocycles. The number of hydrogen-bond donors (Lipinski definition) is 1. The van der Waals surface area contributed by atoms with Gasteiger partial charge in [-0.2, -0.15) is 18.4 Å². The third-order valence-corrected chi connectivity index (χ3v) is 6.38. The van der Waals surface area contributed by atoms with E-state index in [1.54, 1.807) is 36.2 Å². The van der Waals surface area contributed by atoms with Crippen LogP contribution in [0.1, 0.15) is 12.0 Å². The number of halogens is 3. The monoisotopic (exact) mass is 492 g/mol. The van der Waals surface area contributed by atoms with E-state index in [0.717, 1.165) is 29.6 Å². The first-order valence-corrected chi connectivity index (χ1v) is 11.6. The molecule has 0 spiro atoms. The molecule has 0 saturated carbocycles. The van der Waals surface area contributed by atoms with Crippen molar-refractivity contribution in [3.05, 3.63) is 60.4 Å². The van der Waals surface area contributed by atoms with Crippen LogP contribution >= 0.6 is 23.5 Å². The van der Waals surface area contributed by atoms with E-state index in [4.69, 9.17) is 10.00 Å². The Kier molecular flexibility index (Phi) is 8.30. The average Bonchev–Trinajstić information content (AvgIpc) is 3.27. The highest BCUT2D eigenvalue weighted by molar-refractivity contribution is 8.00. The molecular weight excluding hydrogens is 473 g/mol. The Bertz CT molecular complexity index is 1140. The van der Waals surface area contributed by atoms with Gasteiger partial charge in [-0.15, -0.1) is 11.8 Å². The Morgan fingerprint density at radius 3 is 2.64 bits per heavy atom. The summed E-state index contributed by atoms with van der Waals surface area (Å²) in [7, 11) is 1.57. The first-order chi connectivity index (χ1) is 15.8. The van der Waals surface area contributed by atoms with Crippen molar-refractivity contribution >= 4 is 35.1 Å². The minimum absolute atomic E-state index is 0.0499. The summed E-state index contributed by atoms with van der Waals surface area (Å²) >= 11 is 2.37. The minimum atomic E-state index is -4.53. The van der Waals surface area contributed by atoms with Crippen LogP contribution in [0.25, 0.3) is 5.69 Å². The zero-order valence-corrected chi connectivity index (χ0v) is 19.1. The first kappa shape index (κ1) is 24.5.